The van der Waals surface area contributed by atoms with Crippen LogP contribution in [0.4, 0.5) is 0 Å². The van der Waals surface area contributed by atoms with Crippen molar-refractivity contribution in [2.45, 2.75) is 0 Å². The Bertz CT molecular complexity index is 0. The van der Waals surface area contributed by atoms with Gasteiger partial charge in [0, 0.05) is 201 Å². The van der Waals surface area contributed by atoms with Gasteiger partial charge in [-0.05, 0) is 0 Å². The summed E-state index contributed by atoms with van der Waals surface area (Å²) < 4.78 is 0. The Morgan fingerprint density at radius 2 is 0.111 bits per heavy atom. The van der Waals surface area contributed by atoms with E-state index in [1.54, 1.807) is 0 Å². The Balaban J connectivity index is 0. The van der Waals surface area contributed by atoms with Crippen molar-refractivity contribution < 1.29 is 201 Å². The van der Waals surface area contributed by atoms with Crippen LogP contribution in [0.15, 0.2) is 0 Å². The molecule has 0 unspecified atom stereocenters. The molecule has 0 aliphatic heterocycles. The van der Waals surface area contributed by atoms with Gasteiger partial charge in [0.05, 0.1) is 0 Å². The van der Waals surface area contributed by atoms with E-state index < -0.39 is 0 Å². The zero-order valence-electron chi connectivity index (χ0n) is 2.71. The molecular formula is Ag9. The molecule has 0 aliphatic carbocycles. The van der Waals surface area contributed by atoms with Crippen LogP contribution in [0.25, 0.3) is 0 Å². The Kier molecular flexibility index (Phi) is 520. The second-order valence-electron chi connectivity index (χ2n) is 0. The number of rotatable bonds is 0. The van der Waals surface area contributed by atoms with E-state index in [1.807, 2.05) is 0 Å². The molecule has 9 heteroatoms. The zero-order chi connectivity index (χ0) is 0. The Labute approximate surface area is 196 Å². The topological polar surface area (TPSA) is 0 Å². The summed E-state index contributed by atoms with van der Waals surface area (Å²) in [7, 11) is 0. The van der Waals surface area contributed by atoms with Gasteiger partial charge in [-0.1, -0.05) is 0 Å². The van der Waals surface area contributed by atoms with Crippen molar-refractivity contribution in [1.29, 1.82) is 0 Å². The second kappa shape index (κ2) is 61.7. The van der Waals surface area contributed by atoms with Crippen molar-refractivity contribution in [3.63, 3.8) is 0 Å². The maximum absolute atomic E-state index is 0. The predicted octanol–water partition coefficient (Wildman–Crippen LogP) is -0.0225. The molecule has 0 fully saturated rings. The van der Waals surface area contributed by atoms with Crippen LogP contribution in [-0.2, 0) is 201 Å². The normalized spacial score (nSPS) is 0. The molecule has 0 N–H and O–H groups in total. The fourth-order valence-electron chi connectivity index (χ4n) is 0. The predicted molar refractivity (Wildman–Crippen MR) is 0 cm³/mol. The molecular weight excluding hydrogens is 971 g/mol. The third-order valence-electron chi connectivity index (χ3n) is 0. The van der Waals surface area contributed by atoms with E-state index in [2.05, 4.69) is 0 Å². The van der Waals surface area contributed by atoms with Crippen LogP contribution in [-0.4, -0.2) is 0 Å². The number of hydrogen-bond donors (Lipinski definition) is 0. The molecule has 0 amide bonds. The summed E-state index contributed by atoms with van der Waals surface area (Å²) in [5.74, 6) is 0. The maximum Gasteiger partial charge on any atom is 0 e. The third-order valence-corrected chi connectivity index (χ3v) is 0. The molecule has 0 aliphatic rings. The molecule has 0 atom stereocenters. The Hall–Kier alpha value is 6.66. The average Bonchev–Trinajstić information content (AvgIpc) is 0. The van der Waals surface area contributed by atoms with E-state index in [0.29, 0.717) is 0 Å². The van der Waals surface area contributed by atoms with Crippen molar-refractivity contribution in [3.8, 4) is 0 Å². The molecule has 99 valence electrons. The van der Waals surface area contributed by atoms with Crippen LogP contribution in [0.2, 0.25) is 0 Å². The molecule has 0 aromatic rings. The smallest absolute Gasteiger partial charge is 0 e. The number of hydrogen-bond acceptors (Lipinski definition) is 0. The van der Waals surface area contributed by atoms with Crippen molar-refractivity contribution in [1.82, 2.24) is 0 Å². The summed E-state index contributed by atoms with van der Waals surface area (Å²) in [6.45, 7) is 0. The van der Waals surface area contributed by atoms with Gasteiger partial charge in [-0.2, -0.15) is 0 Å². The van der Waals surface area contributed by atoms with Crippen molar-refractivity contribution in [2.24, 2.45) is 0 Å². The first-order valence-electron chi connectivity index (χ1n) is 0. The Morgan fingerprint density at radius 3 is 0.111 bits per heavy atom. The minimum atomic E-state index is 0. The minimum Gasteiger partial charge on any atom is 0 e. The van der Waals surface area contributed by atoms with E-state index in [0.717, 1.165) is 0 Å². The van der Waals surface area contributed by atoms with Gasteiger partial charge >= 0.3 is 0 Å². The fourth-order valence-corrected chi connectivity index (χ4v) is 0. The van der Waals surface area contributed by atoms with Gasteiger partial charge in [-0.15, -0.1) is 0 Å². The standard InChI is InChI=1S/9Ag. The van der Waals surface area contributed by atoms with Gasteiger partial charge in [0.15, 0.2) is 0 Å². The van der Waals surface area contributed by atoms with E-state index >= 15 is 0 Å². The van der Waals surface area contributed by atoms with Crippen LogP contribution < -0.4 is 0 Å². The minimum absolute atomic E-state index is 0. The SMILES string of the molecule is [Ag].[Ag].[Ag].[Ag].[Ag].[Ag].[Ag].[Ag].[Ag]. The van der Waals surface area contributed by atoms with E-state index in [1.165, 1.54) is 0 Å². The summed E-state index contributed by atoms with van der Waals surface area (Å²) >= 11 is 0. The summed E-state index contributed by atoms with van der Waals surface area (Å²) in [5, 5.41) is 0. The van der Waals surface area contributed by atoms with Gasteiger partial charge in [0.1, 0.15) is 0 Å². The van der Waals surface area contributed by atoms with Gasteiger partial charge in [-0.25, -0.2) is 0 Å². The Morgan fingerprint density at radius 1 is 0.111 bits per heavy atom. The van der Waals surface area contributed by atoms with Crippen LogP contribution >= 0.6 is 0 Å². The largest absolute Gasteiger partial charge is 0 e. The van der Waals surface area contributed by atoms with E-state index in [-0.39, 0.29) is 201 Å². The molecule has 0 saturated heterocycles. The zero-order valence-corrected chi connectivity index (χ0v) is 16.1. The van der Waals surface area contributed by atoms with Crippen LogP contribution in [0.5, 0.6) is 0 Å². The van der Waals surface area contributed by atoms with E-state index in [9.17, 15) is 0 Å². The summed E-state index contributed by atoms with van der Waals surface area (Å²) in [5.41, 5.74) is 0. The first kappa shape index (κ1) is 75.9. The van der Waals surface area contributed by atoms with Crippen molar-refractivity contribution in [2.75, 3.05) is 0 Å². The van der Waals surface area contributed by atoms with Gasteiger partial charge in [-0.3, -0.25) is 0 Å². The van der Waals surface area contributed by atoms with Crippen molar-refractivity contribution in [3.05, 3.63) is 0 Å². The maximum atomic E-state index is 0. The molecule has 0 spiro atoms. The first-order valence-corrected chi connectivity index (χ1v) is 0. The van der Waals surface area contributed by atoms with E-state index in [4.69, 9.17) is 0 Å². The van der Waals surface area contributed by atoms with Crippen LogP contribution in [0.1, 0.15) is 0 Å². The molecule has 0 aromatic heterocycles. The second-order valence-corrected chi connectivity index (χ2v) is 0. The van der Waals surface area contributed by atoms with Crippen LogP contribution in [0, 0.1) is 0 Å². The average molecular weight is 971 g/mol. The molecule has 0 nitrogen and oxygen atoms in total. The van der Waals surface area contributed by atoms with Crippen molar-refractivity contribution >= 4 is 0 Å². The molecule has 9 heavy (non-hydrogen) atoms. The molecule has 0 bridgehead atoms. The summed E-state index contributed by atoms with van der Waals surface area (Å²) in [6, 6.07) is 0. The molecule has 0 heterocycles. The quantitative estimate of drug-likeness (QED) is 0.300. The summed E-state index contributed by atoms with van der Waals surface area (Å²) in [4.78, 5) is 0. The first-order chi connectivity index (χ1) is 0. The summed E-state index contributed by atoms with van der Waals surface area (Å²) in [6.07, 6.45) is 0. The monoisotopic (exact) mass is 962 g/mol. The van der Waals surface area contributed by atoms with Gasteiger partial charge < -0.3 is 0 Å². The van der Waals surface area contributed by atoms with Gasteiger partial charge in [0.2, 0.25) is 0 Å². The van der Waals surface area contributed by atoms with Gasteiger partial charge in [0.25, 0.3) is 0 Å². The molecule has 0 saturated carbocycles. The van der Waals surface area contributed by atoms with Crippen LogP contribution in [0.3, 0.4) is 0 Å². The molecule has 0 rings (SSSR count). The third kappa shape index (κ3) is 53.0. The molecule has 9 radical (unpaired) electrons. The fraction of sp³-hybridized carbons (Fsp3) is 0. The molecule has 0 aromatic carbocycles.